The molecule has 0 radical (unpaired) electrons. The molecule has 1 atom stereocenters. The molecule has 0 saturated heterocycles. The minimum Gasteiger partial charge on any atom is -0.481 e. The fourth-order valence-corrected chi connectivity index (χ4v) is 2.55. The molecule has 0 bridgehead atoms. The number of benzene rings is 1. The highest BCUT2D eigenvalue weighted by Crippen LogP contribution is 2.22. The molecule has 1 N–H and O–H groups in total. The first-order valence-electron chi connectivity index (χ1n) is 6.88. The van der Waals surface area contributed by atoms with Gasteiger partial charge >= 0.3 is 0 Å². The topological polar surface area (TPSA) is 68.3 Å². The van der Waals surface area contributed by atoms with Crippen molar-refractivity contribution in [2.45, 2.75) is 33.8 Å². The van der Waals surface area contributed by atoms with Gasteiger partial charge in [0.05, 0.1) is 0 Å². The summed E-state index contributed by atoms with van der Waals surface area (Å²) < 4.78 is 5.71. The van der Waals surface area contributed by atoms with Gasteiger partial charge in [0.15, 0.2) is 17.0 Å². The number of aromatic nitrogens is 1. The SMILES string of the molecule is CC(=O)c1csc(NC(=O)[C@H](C)Oc2cccc(C)c2C)n1. The summed E-state index contributed by atoms with van der Waals surface area (Å²) in [6, 6.07) is 5.72. The summed E-state index contributed by atoms with van der Waals surface area (Å²) >= 11 is 1.22. The average Bonchev–Trinajstić information content (AvgIpc) is 2.92. The number of hydrogen-bond donors (Lipinski definition) is 1. The Morgan fingerprint density at radius 1 is 1.32 bits per heavy atom. The molecule has 2 aromatic rings. The van der Waals surface area contributed by atoms with Gasteiger partial charge in [-0.25, -0.2) is 4.98 Å². The van der Waals surface area contributed by atoms with Crippen molar-refractivity contribution in [2.75, 3.05) is 5.32 Å². The van der Waals surface area contributed by atoms with E-state index in [1.807, 2.05) is 32.0 Å². The third-order valence-electron chi connectivity index (χ3n) is 3.32. The number of ketones is 1. The molecule has 1 aromatic carbocycles. The second-order valence-electron chi connectivity index (χ2n) is 5.04. The van der Waals surface area contributed by atoms with Gasteiger partial charge in [0, 0.05) is 12.3 Å². The molecule has 0 unspecified atom stereocenters. The molecule has 6 heteroatoms. The minimum atomic E-state index is -0.662. The number of nitrogens with zero attached hydrogens (tertiary/aromatic N) is 1. The van der Waals surface area contributed by atoms with Crippen LogP contribution in [-0.2, 0) is 4.79 Å². The molecular formula is C16H18N2O3S. The number of ether oxygens (including phenoxy) is 1. The van der Waals surface area contributed by atoms with Crippen LogP contribution in [0.4, 0.5) is 5.13 Å². The van der Waals surface area contributed by atoms with Crippen LogP contribution in [0.3, 0.4) is 0 Å². The van der Waals surface area contributed by atoms with Crippen LogP contribution in [0.15, 0.2) is 23.6 Å². The summed E-state index contributed by atoms with van der Waals surface area (Å²) in [4.78, 5) is 27.4. The van der Waals surface area contributed by atoms with Gasteiger partial charge in [-0.1, -0.05) is 12.1 Å². The van der Waals surface area contributed by atoms with E-state index in [2.05, 4.69) is 10.3 Å². The van der Waals surface area contributed by atoms with Crippen LogP contribution >= 0.6 is 11.3 Å². The van der Waals surface area contributed by atoms with E-state index < -0.39 is 6.10 Å². The molecule has 1 heterocycles. The van der Waals surface area contributed by atoms with Crippen LogP contribution in [0, 0.1) is 13.8 Å². The quantitative estimate of drug-likeness (QED) is 0.858. The Labute approximate surface area is 133 Å². The fourth-order valence-electron chi connectivity index (χ4n) is 1.80. The lowest BCUT2D eigenvalue weighted by Gasteiger charge is -2.16. The average molecular weight is 318 g/mol. The highest BCUT2D eigenvalue weighted by Gasteiger charge is 2.18. The van der Waals surface area contributed by atoms with Crippen LogP contribution in [0.2, 0.25) is 0 Å². The molecule has 5 nitrogen and oxygen atoms in total. The van der Waals surface area contributed by atoms with Crippen molar-refractivity contribution < 1.29 is 14.3 Å². The number of carbonyl (C=O) groups excluding carboxylic acids is 2. The van der Waals surface area contributed by atoms with E-state index in [-0.39, 0.29) is 11.7 Å². The van der Waals surface area contributed by atoms with E-state index in [0.717, 1.165) is 11.1 Å². The number of aryl methyl sites for hydroxylation is 1. The van der Waals surface area contributed by atoms with Gasteiger partial charge in [0.25, 0.3) is 5.91 Å². The van der Waals surface area contributed by atoms with Gasteiger partial charge in [-0.05, 0) is 38.0 Å². The zero-order valence-electron chi connectivity index (χ0n) is 13.0. The number of nitrogens with one attached hydrogen (secondary N) is 1. The lowest BCUT2D eigenvalue weighted by atomic mass is 10.1. The number of Topliss-reactive ketones (excluding diaryl/α,β-unsaturated/α-hetero) is 1. The molecule has 0 fully saturated rings. The van der Waals surface area contributed by atoms with E-state index in [1.165, 1.54) is 18.3 Å². The third kappa shape index (κ3) is 3.71. The smallest absolute Gasteiger partial charge is 0.266 e. The highest BCUT2D eigenvalue weighted by molar-refractivity contribution is 7.14. The van der Waals surface area contributed by atoms with Gasteiger partial charge in [0.1, 0.15) is 11.4 Å². The predicted molar refractivity (Wildman–Crippen MR) is 86.8 cm³/mol. The molecule has 0 aliphatic rings. The second-order valence-corrected chi connectivity index (χ2v) is 5.90. The van der Waals surface area contributed by atoms with Crippen molar-refractivity contribution in [3.05, 3.63) is 40.4 Å². The maximum absolute atomic E-state index is 12.1. The van der Waals surface area contributed by atoms with Gasteiger partial charge in [-0.2, -0.15) is 0 Å². The summed E-state index contributed by atoms with van der Waals surface area (Å²) in [6.45, 7) is 7.06. The first kappa shape index (κ1) is 16.2. The van der Waals surface area contributed by atoms with Crippen LogP contribution < -0.4 is 10.1 Å². The monoisotopic (exact) mass is 318 g/mol. The largest absolute Gasteiger partial charge is 0.481 e. The van der Waals surface area contributed by atoms with E-state index in [0.29, 0.717) is 16.6 Å². The van der Waals surface area contributed by atoms with Gasteiger partial charge < -0.3 is 4.74 Å². The Morgan fingerprint density at radius 2 is 2.05 bits per heavy atom. The van der Waals surface area contributed by atoms with Crippen LogP contribution in [-0.4, -0.2) is 22.8 Å². The Bertz CT molecular complexity index is 709. The van der Waals surface area contributed by atoms with Gasteiger partial charge in [-0.15, -0.1) is 11.3 Å². The Hall–Kier alpha value is -2.21. The molecule has 0 spiro atoms. The minimum absolute atomic E-state index is 0.128. The summed E-state index contributed by atoms with van der Waals surface area (Å²) in [5.41, 5.74) is 2.47. The molecule has 0 saturated carbocycles. The maximum atomic E-state index is 12.1. The molecule has 0 aliphatic carbocycles. The summed E-state index contributed by atoms with van der Waals surface area (Å²) in [6.07, 6.45) is -0.662. The van der Waals surface area contributed by atoms with Crippen molar-refractivity contribution in [1.82, 2.24) is 4.98 Å². The lowest BCUT2D eigenvalue weighted by molar-refractivity contribution is -0.122. The Kier molecular flexibility index (Phi) is 4.92. The summed E-state index contributed by atoms with van der Waals surface area (Å²) in [5.74, 6) is 0.257. The predicted octanol–water partition coefficient (Wildman–Crippen LogP) is 3.37. The molecule has 116 valence electrons. The number of anilines is 1. The number of hydrogen-bond acceptors (Lipinski definition) is 5. The Balaban J connectivity index is 2.02. The standard InChI is InChI=1S/C16H18N2O3S/c1-9-6-5-7-14(10(9)2)21-12(4)15(20)18-16-17-13(8-22-16)11(3)19/h5-8,12H,1-4H3,(H,17,18,20)/t12-/m0/s1. The molecule has 0 aliphatic heterocycles. The number of amides is 1. The highest BCUT2D eigenvalue weighted by atomic mass is 32.1. The lowest BCUT2D eigenvalue weighted by Crippen LogP contribution is -2.30. The molecule has 2 rings (SSSR count). The molecule has 1 amide bonds. The van der Waals surface area contributed by atoms with Crippen LogP contribution in [0.1, 0.15) is 35.5 Å². The van der Waals surface area contributed by atoms with E-state index >= 15 is 0 Å². The van der Waals surface area contributed by atoms with Gasteiger partial charge in [-0.3, -0.25) is 14.9 Å². The summed E-state index contributed by atoms with van der Waals surface area (Å²) in [7, 11) is 0. The zero-order chi connectivity index (χ0) is 16.3. The first-order valence-corrected chi connectivity index (χ1v) is 7.76. The van der Waals surface area contributed by atoms with Crippen molar-refractivity contribution in [3.8, 4) is 5.75 Å². The second kappa shape index (κ2) is 6.70. The number of rotatable bonds is 5. The maximum Gasteiger partial charge on any atom is 0.266 e. The van der Waals surface area contributed by atoms with Crippen molar-refractivity contribution >= 4 is 28.2 Å². The fraction of sp³-hybridized carbons (Fsp3) is 0.312. The van der Waals surface area contributed by atoms with E-state index in [1.54, 1.807) is 12.3 Å². The molecule has 22 heavy (non-hydrogen) atoms. The Morgan fingerprint density at radius 3 is 2.68 bits per heavy atom. The van der Waals surface area contributed by atoms with Crippen molar-refractivity contribution in [3.63, 3.8) is 0 Å². The van der Waals surface area contributed by atoms with Gasteiger partial charge in [0.2, 0.25) is 0 Å². The first-order chi connectivity index (χ1) is 10.4. The normalized spacial score (nSPS) is 11.8. The van der Waals surface area contributed by atoms with Crippen LogP contribution in [0.5, 0.6) is 5.75 Å². The van der Waals surface area contributed by atoms with Crippen molar-refractivity contribution in [2.24, 2.45) is 0 Å². The third-order valence-corrected chi connectivity index (χ3v) is 4.08. The zero-order valence-corrected chi connectivity index (χ0v) is 13.8. The van der Waals surface area contributed by atoms with Crippen LogP contribution in [0.25, 0.3) is 0 Å². The number of carbonyl (C=O) groups is 2. The molecule has 1 aromatic heterocycles. The van der Waals surface area contributed by atoms with E-state index in [9.17, 15) is 9.59 Å². The molecular weight excluding hydrogens is 300 g/mol. The summed E-state index contributed by atoms with van der Waals surface area (Å²) in [5, 5.41) is 4.68. The number of thiazole rings is 1. The van der Waals surface area contributed by atoms with Crippen molar-refractivity contribution in [1.29, 1.82) is 0 Å². The van der Waals surface area contributed by atoms with E-state index in [4.69, 9.17) is 4.74 Å².